The van der Waals surface area contributed by atoms with Gasteiger partial charge in [-0.1, -0.05) is 35.3 Å². The number of ether oxygens (including phenoxy) is 1. The second-order valence-corrected chi connectivity index (χ2v) is 5.00. The van der Waals surface area contributed by atoms with Crippen LogP contribution in [-0.4, -0.2) is 7.11 Å². The summed E-state index contributed by atoms with van der Waals surface area (Å²) in [6.45, 7) is 2.57. The Labute approximate surface area is 123 Å². The lowest BCUT2D eigenvalue weighted by molar-refractivity contribution is 0.410. The van der Waals surface area contributed by atoms with Crippen LogP contribution in [0.4, 0.5) is 5.69 Å². The standard InChI is InChI=1S/C15H15Cl2NO/c1-10-12(16)5-3-7-14(10)18-9-11-13(17)6-4-8-15(11)19-2/h3-8,18H,9H2,1-2H3. The minimum absolute atomic E-state index is 0.587. The van der Waals surface area contributed by atoms with Crippen molar-refractivity contribution in [2.75, 3.05) is 12.4 Å². The van der Waals surface area contributed by atoms with Crippen LogP contribution < -0.4 is 10.1 Å². The zero-order chi connectivity index (χ0) is 13.8. The Bertz CT molecular complexity index is 584. The molecule has 0 spiro atoms. The molecule has 0 amide bonds. The average Bonchev–Trinajstić information content (AvgIpc) is 2.41. The van der Waals surface area contributed by atoms with E-state index in [1.807, 2.05) is 43.3 Å². The van der Waals surface area contributed by atoms with Gasteiger partial charge in [0.1, 0.15) is 5.75 Å². The van der Waals surface area contributed by atoms with E-state index in [2.05, 4.69) is 5.32 Å². The van der Waals surface area contributed by atoms with E-state index in [1.165, 1.54) is 0 Å². The maximum absolute atomic E-state index is 6.20. The van der Waals surface area contributed by atoms with Gasteiger partial charge < -0.3 is 10.1 Å². The summed E-state index contributed by atoms with van der Waals surface area (Å²) in [6.07, 6.45) is 0. The molecule has 1 N–H and O–H groups in total. The summed E-state index contributed by atoms with van der Waals surface area (Å²) in [5, 5.41) is 4.77. The Kier molecular flexibility index (Phi) is 4.56. The quantitative estimate of drug-likeness (QED) is 0.864. The van der Waals surface area contributed by atoms with Gasteiger partial charge in [0.25, 0.3) is 0 Å². The van der Waals surface area contributed by atoms with E-state index in [0.29, 0.717) is 11.6 Å². The third-order valence-electron chi connectivity index (χ3n) is 3.02. The van der Waals surface area contributed by atoms with E-state index in [0.717, 1.165) is 27.6 Å². The zero-order valence-corrected chi connectivity index (χ0v) is 12.3. The highest BCUT2D eigenvalue weighted by Crippen LogP contribution is 2.28. The summed E-state index contributed by atoms with van der Waals surface area (Å²) < 4.78 is 5.32. The summed E-state index contributed by atoms with van der Waals surface area (Å²) >= 11 is 12.3. The van der Waals surface area contributed by atoms with Crippen molar-refractivity contribution in [3.05, 3.63) is 57.6 Å². The molecular weight excluding hydrogens is 281 g/mol. The first kappa shape index (κ1) is 14.0. The minimum Gasteiger partial charge on any atom is -0.496 e. The lowest BCUT2D eigenvalue weighted by Crippen LogP contribution is -2.03. The molecule has 2 aromatic rings. The van der Waals surface area contributed by atoms with Crippen molar-refractivity contribution in [2.45, 2.75) is 13.5 Å². The number of hydrogen-bond acceptors (Lipinski definition) is 2. The molecule has 0 radical (unpaired) electrons. The van der Waals surface area contributed by atoms with Crippen LogP contribution in [0, 0.1) is 6.92 Å². The number of anilines is 1. The van der Waals surface area contributed by atoms with Crippen LogP contribution in [0.2, 0.25) is 10.0 Å². The molecule has 0 aliphatic rings. The number of benzene rings is 2. The molecule has 2 nitrogen and oxygen atoms in total. The first-order valence-electron chi connectivity index (χ1n) is 5.94. The Morgan fingerprint density at radius 3 is 2.47 bits per heavy atom. The Balaban J connectivity index is 2.21. The van der Waals surface area contributed by atoms with Gasteiger partial charge in [-0.15, -0.1) is 0 Å². The fourth-order valence-electron chi connectivity index (χ4n) is 1.88. The normalized spacial score (nSPS) is 10.3. The van der Waals surface area contributed by atoms with Gasteiger partial charge in [-0.25, -0.2) is 0 Å². The summed E-state index contributed by atoms with van der Waals surface area (Å²) in [4.78, 5) is 0. The SMILES string of the molecule is COc1cccc(Cl)c1CNc1cccc(Cl)c1C. The minimum atomic E-state index is 0.587. The van der Waals surface area contributed by atoms with Gasteiger partial charge in [-0.2, -0.15) is 0 Å². The Morgan fingerprint density at radius 2 is 1.74 bits per heavy atom. The first-order chi connectivity index (χ1) is 9.13. The summed E-state index contributed by atoms with van der Waals surface area (Å²) in [5.41, 5.74) is 2.95. The van der Waals surface area contributed by atoms with Crippen molar-refractivity contribution in [2.24, 2.45) is 0 Å². The van der Waals surface area contributed by atoms with Gasteiger partial charge in [0.05, 0.1) is 7.11 Å². The van der Waals surface area contributed by atoms with E-state index < -0.39 is 0 Å². The van der Waals surface area contributed by atoms with Crippen molar-refractivity contribution in [1.29, 1.82) is 0 Å². The second-order valence-electron chi connectivity index (χ2n) is 4.19. The Morgan fingerprint density at radius 1 is 1.05 bits per heavy atom. The van der Waals surface area contributed by atoms with E-state index in [4.69, 9.17) is 27.9 Å². The van der Waals surface area contributed by atoms with E-state index in [-0.39, 0.29) is 0 Å². The van der Waals surface area contributed by atoms with Gasteiger partial charge in [-0.3, -0.25) is 0 Å². The summed E-state index contributed by atoms with van der Waals surface area (Å²) in [7, 11) is 1.64. The smallest absolute Gasteiger partial charge is 0.125 e. The molecule has 100 valence electrons. The number of methoxy groups -OCH3 is 1. The molecular formula is C15H15Cl2NO. The summed E-state index contributed by atoms with van der Waals surface area (Å²) in [5.74, 6) is 0.777. The molecule has 2 aromatic carbocycles. The average molecular weight is 296 g/mol. The molecule has 0 fully saturated rings. The van der Waals surface area contributed by atoms with Gasteiger partial charge in [0.2, 0.25) is 0 Å². The van der Waals surface area contributed by atoms with Crippen LogP contribution in [0.1, 0.15) is 11.1 Å². The predicted molar refractivity (Wildman–Crippen MR) is 81.5 cm³/mol. The number of halogens is 2. The molecule has 0 aromatic heterocycles. The molecule has 0 atom stereocenters. The molecule has 0 aliphatic carbocycles. The third kappa shape index (κ3) is 3.14. The fraction of sp³-hybridized carbons (Fsp3) is 0.200. The van der Waals surface area contributed by atoms with Gasteiger partial charge in [0, 0.05) is 27.8 Å². The van der Waals surface area contributed by atoms with Gasteiger partial charge in [0.15, 0.2) is 0 Å². The van der Waals surface area contributed by atoms with Crippen molar-refractivity contribution >= 4 is 28.9 Å². The van der Waals surface area contributed by atoms with Crippen LogP contribution in [0.3, 0.4) is 0 Å². The molecule has 2 rings (SSSR count). The molecule has 4 heteroatoms. The van der Waals surface area contributed by atoms with Crippen LogP contribution in [0.5, 0.6) is 5.75 Å². The molecule has 0 aliphatic heterocycles. The highest BCUT2D eigenvalue weighted by molar-refractivity contribution is 6.32. The maximum Gasteiger partial charge on any atom is 0.125 e. The molecule has 19 heavy (non-hydrogen) atoms. The van der Waals surface area contributed by atoms with Crippen molar-refractivity contribution in [3.8, 4) is 5.75 Å². The Hall–Kier alpha value is -1.38. The van der Waals surface area contributed by atoms with Gasteiger partial charge >= 0.3 is 0 Å². The lowest BCUT2D eigenvalue weighted by atomic mass is 10.1. The van der Waals surface area contributed by atoms with E-state index >= 15 is 0 Å². The number of nitrogens with one attached hydrogen (secondary N) is 1. The maximum atomic E-state index is 6.20. The third-order valence-corrected chi connectivity index (χ3v) is 3.78. The summed E-state index contributed by atoms with van der Waals surface area (Å²) in [6, 6.07) is 11.4. The lowest BCUT2D eigenvalue weighted by Gasteiger charge is -2.14. The van der Waals surface area contributed by atoms with Crippen molar-refractivity contribution in [3.63, 3.8) is 0 Å². The molecule has 0 saturated heterocycles. The topological polar surface area (TPSA) is 21.3 Å². The first-order valence-corrected chi connectivity index (χ1v) is 6.69. The van der Waals surface area contributed by atoms with E-state index in [1.54, 1.807) is 7.11 Å². The van der Waals surface area contributed by atoms with Crippen LogP contribution >= 0.6 is 23.2 Å². The molecule has 0 heterocycles. The van der Waals surface area contributed by atoms with Crippen LogP contribution in [-0.2, 0) is 6.54 Å². The zero-order valence-electron chi connectivity index (χ0n) is 10.8. The van der Waals surface area contributed by atoms with Crippen molar-refractivity contribution < 1.29 is 4.74 Å². The second kappa shape index (κ2) is 6.18. The molecule has 0 bridgehead atoms. The highest BCUT2D eigenvalue weighted by Gasteiger charge is 2.08. The van der Waals surface area contributed by atoms with E-state index in [9.17, 15) is 0 Å². The number of rotatable bonds is 4. The van der Waals surface area contributed by atoms with Crippen LogP contribution in [0.15, 0.2) is 36.4 Å². The number of hydrogen-bond donors (Lipinski definition) is 1. The van der Waals surface area contributed by atoms with Crippen LogP contribution in [0.25, 0.3) is 0 Å². The monoisotopic (exact) mass is 295 g/mol. The highest BCUT2D eigenvalue weighted by atomic mass is 35.5. The molecule has 0 saturated carbocycles. The van der Waals surface area contributed by atoms with Crippen molar-refractivity contribution in [1.82, 2.24) is 0 Å². The predicted octanol–water partition coefficient (Wildman–Crippen LogP) is 4.92. The fourth-order valence-corrected chi connectivity index (χ4v) is 2.29. The molecule has 0 unspecified atom stereocenters. The largest absolute Gasteiger partial charge is 0.496 e. The van der Waals surface area contributed by atoms with Gasteiger partial charge in [-0.05, 0) is 36.8 Å².